The first-order chi connectivity index (χ1) is 15.8. The van der Waals surface area contributed by atoms with Crippen LogP contribution in [0.15, 0.2) is 12.1 Å². The average molecular weight is 485 g/mol. The number of halogens is 3. The molecule has 4 amide bonds. The first-order valence-corrected chi connectivity index (χ1v) is 11.2. The minimum absolute atomic E-state index is 0.126. The van der Waals surface area contributed by atoms with E-state index in [9.17, 15) is 32.7 Å². The highest BCUT2D eigenvalue weighted by Gasteiger charge is 2.45. The molecule has 0 bridgehead atoms. The smallest absolute Gasteiger partial charge is 0.408 e. The normalized spacial score (nSPS) is 20.8. The van der Waals surface area contributed by atoms with Gasteiger partial charge in [0.2, 0.25) is 5.91 Å². The Morgan fingerprint density at radius 3 is 2.38 bits per heavy atom. The molecule has 2 saturated heterocycles. The van der Waals surface area contributed by atoms with Crippen molar-refractivity contribution in [2.75, 3.05) is 26.7 Å². The highest BCUT2D eigenvalue weighted by Crippen LogP contribution is 2.33. The molecule has 11 heteroatoms. The van der Waals surface area contributed by atoms with Gasteiger partial charge in [-0.2, -0.15) is 0 Å². The third-order valence-corrected chi connectivity index (χ3v) is 6.62. The minimum atomic E-state index is -1.34. The lowest BCUT2D eigenvalue weighted by atomic mass is 9.95. The molecule has 0 spiro atoms. The summed E-state index contributed by atoms with van der Waals surface area (Å²) in [7, 11) is 1.54. The molecule has 188 valence electrons. The number of urea groups is 1. The van der Waals surface area contributed by atoms with Gasteiger partial charge in [0, 0.05) is 56.7 Å². The Labute approximate surface area is 196 Å². The number of hydrogen-bond acceptors (Lipinski definition) is 3. The fourth-order valence-electron chi connectivity index (χ4n) is 5.13. The monoisotopic (exact) mass is 484 g/mol. The number of rotatable bonds is 5. The topological polar surface area (TPSA) is 93.2 Å². The van der Waals surface area contributed by atoms with Gasteiger partial charge in [0.25, 0.3) is 0 Å². The van der Waals surface area contributed by atoms with Crippen molar-refractivity contribution in [3.05, 3.63) is 35.1 Å². The van der Waals surface area contributed by atoms with Crippen LogP contribution in [0.4, 0.5) is 22.8 Å². The zero-order valence-electron chi connectivity index (χ0n) is 19.8. The fourth-order valence-corrected chi connectivity index (χ4v) is 5.13. The molecule has 2 aliphatic rings. The number of carbonyl (C=O) groups excluding carboxylic acids is 2. The second kappa shape index (κ2) is 9.71. The molecule has 0 saturated carbocycles. The van der Waals surface area contributed by atoms with Gasteiger partial charge in [0.1, 0.15) is 5.82 Å². The fraction of sp³-hybridized carbons (Fsp3) is 0.609. The molecule has 34 heavy (non-hydrogen) atoms. The molecular weight excluding hydrogens is 453 g/mol. The average Bonchev–Trinajstić information content (AvgIpc) is 3.30. The summed E-state index contributed by atoms with van der Waals surface area (Å²) in [6, 6.07) is -0.297. The highest BCUT2D eigenvalue weighted by atomic mass is 19.2. The number of amides is 4. The maximum absolute atomic E-state index is 14.4. The predicted octanol–water partition coefficient (Wildman–Crippen LogP) is 3.06. The summed E-state index contributed by atoms with van der Waals surface area (Å²) in [6.45, 7) is 6.31. The molecule has 2 heterocycles. The largest absolute Gasteiger partial charge is 0.465 e. The number of hydrogen-bond donors (Lipinski definition) is 2. The van der Waals surface area contributed by atoms with E-state index in [1.807, 2.05) is 0 Å². The molecule has 2 fully saturated rings. The van der Waals surface area contributed by atoms with Crippen LogP contribution >= 0.6 is 0 Å². The molecule has 0 aromatic heterocycles. The predicted molar refractivity (Wildman–Crippen MR) is 118 cm³/mol. The van der Waals surface area contributed by atoms with Gasteiger partial charge in [-0.1, -0.05) is 0 Å². The number of carboxylic acid groups (broad SMARTS) is 1. The van der Waals surface area contributed by atoms with Crippen molar-refractivity contribution in [2.24, 2.45) is 5.92 Å². The standard InChI is InChI=1S/C23H31F3N4O4/c1-23(2,3)30(22(33)34)15(7-14-8-17(25)18(26)10-16(14)24)9-20(31)29-6-5-13-11-28(12-19(13)29)21(32)27-4/h8,10,13,15,19H,5-7,9,11-12H2,1-4H3,(H,27,32)(H,33,34)/t13-,15+,19+/m0/s1. The number of nitrogens with zero attached hydrogens (tertiary/aromatic N) is 3. The van der Waals surface area contributed by atoms with Crippen LogP contribution in [0.2, 0.25) is 0 Å². The number of fused-ring (bicyclic) bond motifs is 1. The SMILES string of the molecule is CNC(=O)N1C[C@@H]2CCN(C(=O)C[C@@H](Cc3cc(F)c(F)cc3F)N(C(=O)O)C(C)(C)C)[C@@H]2C1. The Morgan fingerprint density at radius 2 is 1.79 bits per heavy atom. The summed E-state index contributed by atoms with van der Waals surface area (Å²) >= 11 is 0. The van der Waals surface area contributed by atoms with Crippen molar-refractivity contribution >= 4 is 18.0 Å². The van der Waals surface area contributed by atoms with Crippen LogP contribution in [-0.4, -0.2) is 82.1 Å². The Hall–Kier alpha value is -2.98. The van der Waals surface area contributed by atoms with Gasteiger partial charge < -0.3 is 20.2 Å². The van der Waals surface area contributed by atoms with E-state index in [-0.39, 0.29) is 42.3 Å². The maximum atomic E-state index is 14.4. The minimum Gasteiger partial charge on any atom is -0.465 e. The Bertz CT molecular complexity index is 968. The molecule has 8 nitrogen and oxygen atoms in total. The van der Waals surface area contributed by atoms with Crippen molar-refractivity contribution in [3.8, 4) is 0 Å². The Kier molecular flexibility index (Phi) is 7.32. The van der Waals surface area contributed by atoms with Crippen LogP contribution in [0.25, 0.3) is 0 Å². The van der Waals surface area contributed by atoms with E-state index in [0.29, 0.717) is 38.2 Å². The van der Waals surface area contributed by atoms with Gasteiger partial charge in [-0.05, 0) is 45.2 Å². The van der Waals surface area contributed by atoms with Crippen LogP contribution in [0, 0.1) is 23.4 Å². The molecule has 0 unspecified atom stereocenters. The Morgan fingerprint density at radius 1 is 1.15 bits per heavy atom. The molecule has 1 aromatic rings. The summed E-state index contributed by atoms with van der Waals surface area (Å²) in [5.74, 6) is -3.79. The van der Waals surface area contributed by atoms with Crippen LogP contribution in [0.1, 0.15) is 39.2 Å². The number of carbonyl (C=O) groups is 3. The Balaban J connectivity index is 1.85. The van der Waals surface area contributed by atoms with Gasteiger partial charge in [-0.3, -0.25) is 9.69 Å². The number of benzene rings is 1. The van der Waals surface area contributed by atoms with Crippen LogP contribution < -0.4 is 5.32 Å². The third-order valence-electron chi connectivity index (χ3n) is 6.62. The highest BCUT2D eigenvalue weighted by molar-refractivity contribution is 5.79. The zero-order chi connectivity index (χ0) is 25.4. The quantitative estimate of drug-likeness (QED) is 0.629. The third kappa shape index (κ3) is 5.23. The van der Waals surface area contributed by atoms with Gasteiger partial charge in [-0.25, -0.2) is 22.8 Å². The molecule has 0 radical (unpaired) electrons. The van der Waals surface area contributed by atoms with E-state index in [1.54, 1.807) is 30.6 Å². The van der Waals surface area contributed by atoms with Gasteiger partial charge in [-0.15, -0.1) is 0 Å². The molecule has 2 N–H and O–H groups in total. The van der Waals surface area contributed by atoms with Crippen molar-refractivity contribution in [3.63, 3.8) is 0 Å². The van der Waals surface area contributed by atoms with E-state index in [1.165, 1.54) is 7.05 Å². The summed E-state index contributed by atoms with van der Waals surface area (Å²) in [4.78, 5) is 41.9. The van der Waals surface area contributed by atoms with Crippen molar-refractivity contribution in [2.45, 2.75) is 57.7 Å². The molecular formula is C23H31F3N4O4. The van der Waals surface area contributed by atoms with Crippen LogP contribution in [0.5, 0.6) is 0 Å². The lowest BCUT2D eigenvalue weighted by Gasteiger charge is -2.40. The summed E-state index contributed by atoms with van der Waals surface area (Å²) in [5, 5.41) is 12.5. The second-order valence-corrected chi connectivity index (χ2v) is 9.91. The van der Waals surface area contributed by atoms with Crippen molar-refractivity contribution < 1.29 is 32.7 Å². The van der Waals surface area contributed by atoms with E-state index in [2.05, 4.69) is 5.32 Å². The maximum Gasteiger partial charge on any atom is 0.408 e. The van der Waals surface area contributed by atoms with E-state index in [4.69, 9.17) is 0 Å². The van der Waals surface area contributed by atoms with Crippen LogP contribution in [0.3, 0.4) is 0 Å². The first kappa shape index (κ1) is 25.6. The second-order valence-electron chi connectivity index (χ2n) is 9.91. The van der Waals surface area contributed by atoms with Crippen molar-refractivity contribution in [1.29, 1.82) is 0 Å². The van der Waals surface area contributed by atoms with E-state index >= 15 is 0 Å². The molecule has 1 aromatic carbocycles. The van der Waals surface area contributed by atoms with Gasteiger partial charge in [0.15, 0.2) is 11.6 Å². The lowest BCUT2D eigenvalue weighted by molar-refractivity contribution is -0.133. The molecule has 0 aliphatic carbocycles. The summed E-state index contributed by atoms with van der Waals surface area (Å²) in [5.41, 5.74) is -1.15. The molecule has 3 atom stereocenters. The van der Waals surface area contributed by atoms with E-state index < -0.39 is 35.1 Å². The molecule has 3 rings (SSSR count). The van der Waals surface area contributed by atoms with Crippen molar-refractivity contribution in [1.82, 2.24) is 20.0 Å². The lowest BCUT2D eigenvalue weighted by Crippen LogP contribution is -2.54. The zero-order valence-corrected chi connectivity index (χ0v) is 19.8. The number of likely N-dealkylation sites (tertiary alicyclic amines) is 2. The number of nitrogens with one attached hydrogen (secondary N) is 1. The summed E-state index contributed by atoms with van der Waals surface area (Å²) < 4.78 is 41.6. The van der Waals surface area contributed by atoms with Crippen LogP contribution in [-0.2, 0) is 11.2 Å². The molecule has 2 aliphatic heterocycles. The first-order valence-electron chi connectivity index (χ1n) is 11.2. The summed E-state index contributed by atoms with van der Waals surface area (Å²) in [6.07, 6.45) is -1.15. The van der Waals surface area contributed by atoms with E-state index in [0.717, 1.165) is 4.90 Å². The van der Waals surface area contributed by atoms with Gasteiger partial charge in [0.05, 0.1) is 6.04 Å². The van der Waals surface area contributed by atoms with Gasteiger partial charge >= 0.3 is 12.1 Å².